The average Bonchev–Trinajstić information content (AvgIpc) is 2.91. The van der Waals surface area contributed by atoms with Gasteiger partial charge in [-0.2, -0.15) is 4.98 Å². The van der Waals surface area contributed by atoms with Crippen LogP contribution in [-0.4, -0.2) is 46.5 Å². The van der Waals surface area contributed by atoms with Gasteiger partial charge in [0, 0.05) is 6.54 Å². The number of aromatic nitrogens is 1. The summed E-state index contributed by atoms with van der Waals surface area (Å²) in [5.41, 5.74) is 0.227. The number of hydrogen-bond acceptors (Lipinski definition) is 6. The van der Waals surface area contributed by atoms with E-state index < -0.39 is 11.7 Å². The van der Waals surface area contributed by atoms with Crippen molar-refractivity contribution in [1.29, 1.82) is 0 Å². The molecular formula is C21H22BrN3O5. The van der Waals surface area contributed by atoms with Gasteiger partial charge in [-0.1, -0.05) is 12.1 Å². The third kappa shape index (κ3) is 5.15. The topological polar surface area (TPSA) is 97.8 Å². The molecule has 158 valence electrons. The lowest BCUT2D eigenvalue weighted by molar-refractivity contribution is 0.0627. The second-order valence-electron chi connectivity index (χ2n) is 7.62. The highest BCUT2D eigenvalue weighted by atomic mass is 79.9. The Bertz CT molecular complexity index is 952. The molecule has 1 N–H and O–H groups in total. The number of benzene rings is 1. The molecule has 2 heterocycles. The molecule has 0 bridgehead atoms. The number of hydrogen-bond donors (Lipinski definition) is 1. The summed E-state index contributed by atoms with van der Waals surface area (Å²) in [5, 5.41) is 2.55. The van der Waals surface area contributed by atoms with Gasteiger partial charge >= 0.3 is 6.09 Å². The molecule has 1 aliphatic rings. The van der Waals surface area contributed by atoms with Crippen LogP contribution >= 0.6 is 15.9 Å². The molecule has 3 amide bonds. The first-order valence-electron chi connectivity index (χ1n) is 9.40. The number of carbonyl (C=O) groups is 3. The van der Waals surface area contributed by atoms with Gasteiger partial charge in [-0.3, -0.25) is 19.8 Å². The minimum absolute atomic E-state index is 0.231. The van der Waals surface area contributed by atoms with Crippen molar-refractivity contribution >= 4 is 39.7 Å². The maximum atomic E-state index is 12.4. The van der Waals surface area contributed by atoms with Crippen molar-refractivity contribution in [2.24, 2.45) is 0 Å². The fourth-order valence-electron chi connectivity index (χ4n) is 2.84. The zero-order chi connectivity index (χ0) is 21.9. The van der Waals surface area contributed by atoms with Crippen LogP contribution in [0.5, 0.6) is 5.88 Å². The van der Waals surface area contributed by atoms with E-state index in [1.807, 2.05) is 0 Å². The lowest BCUT2D eigenvalue weighted by atomic mass is 10.1. The van der Waals surface area contributed by atoms with E-state index in [0.717, 1.165) is 0 Å². The van der Waals surface area contributed by atoms with Crippen molar-refractivity contribution in [3.63, 3.8) is 0 Å². The lowest BCUT2D eigenvalue weighted by Gasteiger charge is -2.19. The summed E-state index contributed by atoms with van der Waals surface area (Å²) in [6, 6.07) is 10.1. The Hall–Kier alpha value is -2.94. The number of imide groups is 1. The van der Waals surface area contributed by atoms with Crippen LogP contribution in [-0.2, 0) is 4.74 Å². The van der Waals surface area contributed by atoms with Crippen molar-refractivity contribution in [2.75, 3.05) is 18.5 Å². The summed E-state index contributed by atoms with van der Waals surface area (Å²) in [6.45, 7) is 5.77. The van der Waals surface area contributed by atoms with Gasteiger partial charge in [-0.15, -0.1) is 0 Å². The second kappa shape index (κ2) is 8.83. The summed E-state index contributed by atoms with van der Waals surface area (Å²) in [6.07, 6.45) is -0.183. The summed E-state index contributed by atoms with van der Waals surface area (Å²) in [5.74, 6) is -0.0226. The molecule has 0 spiro atoms. The van der Waals surface area contributed by atoms with Crippen LogP contribution in [0.1, 0.15) is 47.9 Å². The van der Waals surface area contributed by atoms with E-state index >= 15 is 0 Å². The number of nitrogens with zero attached hydrogens (tertiary/aromatic N) is 2. The Morgan fingerprint density at radius 1 is 1.10 bits per heavy atom. The number of halogens is 1. The molecule has 2 aromatic rings. The van der Waals surface area contributed by atoms with Gasteiger partial charge in [0.1, 0.15) is 11.4 Å². The maximum Gasteiger partial charge on any atom is 0.413 e. The molecular weight excluding hydrogens is 454 g/mol. The largest absolute Gasteiger partial charge is 0.477 e. The van der Waals surface area contributed by atoms with Crippen molar-refractivity contribution in [1.82, 2.24) is 9.88 Å². The number of anilines is 1. The number of carbonyl (C=O) groups excluding carboxylic acids is 3. The summed E-state index contributed by atoms with van der Waals surface area (Å²) in [4.78, 5) is 42.1. The SMILES string of the molecule is CC(C)(C)OC(=O)Nc1ccc(Br)c(OCCCN2C(=O)c3ccccc3C2=O)n1. The van der Waals surface area contributed by atoms with Crippen LogP contribution in [0.4, 0.5) is 10.6 Å². The summed E-state index contributed by atoms with van der Waals surface area (Å²) < 4.78 is 11.5. The number of pyridine rings is 1. The Kier molecular flexibility index (Phi) is 6.40. The number of rotatable bonds is 6. The maximum absolute atomic E-state index is 12.4. The van der Waals surface area contributed by atoms with Crippen LogP contribution in [0.2, 0.25) is 0 Å². The Morgan fingerprint density at radius 2 is 1.73 bits per heavy atom. The van der Waals surface area contributed by atoms with E-state index in [1.165, 1.54) is 4.90 Å². The molecule has 8 nitrogen and oxygen atoms in total. The normalized spacial score (nSPS) is 13.3. The fourth-order valence-corrected chi connectivity index (χ4v) is 3.17. The zero-order valence-electron chi connectivity index (χ0n) is 16.9. The van der Waals surface area contributed by atoms with E-state index in [0.29, 0.717) is 22.0 Å². The Morgan fingerprint density at radius 3 is 2.33 bits per heavy atom. The quantitative estimate of drug-likeness (QED) is 0.495. The third-order valence-corrected chi connectivity index (χ3v) is 4.69. The number of ether oxygens (including phenoxy) is 2. The molecule has 0 unspecified atom stereocenters. The van der Waals surface area contributed by atoms with Crippen molar-refractivity contribution < 1.29 is 23.9 Å². The smallest absolute Gasteiger partial charge is 0.413 e. The van der Waals surface area contributed by atoms with Gasteiger partial charge in [0.2, 0.25) is 5.88 Å². The molecule has 0 radical (unpaired) electrons. The first-order valence-corrected chi connectivity index (χ1v) is 10.2. The highest BCUT2D eigenvalue weighted by Gasteiger charge is 2.34. The molecule has 30 heavy (non-hydrogen) atoms. The van der Waals surface area contributed by atoms with Gasteiger partial charge in [0.15, 0.2) is 0 Å². The van der Waals surface area contributed by atoms with Crippen LogP contribution in [0.3, 0.4) is 0 Å². The number of fused-ring (bicyclic) bond motifs is 1. The molecule has 0 saturated carbocycles. The van der Waals surface area contributed by atoms with Gasteiger partial charge in [0.25, 0.3) is 11.8 Å². The standard InChI is InChI=1S/C21H22BrN3O5/c1-21(2,3)30-20(28)24-16-10-9-15(22)17(23-16)29-12-6-11-25-18(26)13-7-4-5-8-14(13)19(25)27/h4-5,7-10H,6,11-12H2,1-3H3,(H,23,24,28). The molecule has 9 heteroatoms. The van der Waals surface area contributed by atoms with Gasteiger partial charge in [-0.05, 0) is 67.4 Å². The fraction of sp³-hybridized carbons (Fsp3) is 0.333. The van der Waals surface area contributed by atoms with Gasteiger partial charge in [0.05, 0.1) is 22.2 Å². The second-order valence-corrected chi connectivity index (χ2v) is 8.47. The molecule has 1 aromatic heterocycles. The van der Waals surface area contributed by atoms with Gasteiger partial charge < -0.3 is 9.47 Å². The highest BCUT2D eigenvalue weighted by molar-refractivity contribution is 9.10. The van der Waals surface area contributed by atoms with E-state index in [-0.39, 0.29) is 36.7 Å². The van der Waals surface area contributed by atoms with Gasteiger partial charge in [-0.25, -0.2) is 4.79 Å². The van der Waals surface area contributed by atoms with E-state index in [9.17, 15) is 14.4 Å². The predicted octanol–water partition coefficient (Wildman–Crippen LogP) is 4.26. The average molecular weight is 476 g/mol. The van der Waals surface area contributed by atoms with Crippen molar-refractivity contribution in [3.05, 3.63) is 52.0 Å². The van der Waals surface area contributed by atoms with E-state index in [1.54, 1.807) is 57.2 Å². The van der Waals surface area contributed by atoms with Crippen LogP contribution in [0.15, 0.2) is 40.9 Å². The van der Waals surface area contributed by atoms with Crippen LogP contribution in [0.25, 0.3) is 0 Å². The van der Waals surface area contributed by atoms with Crippen molar-refractivity contribution in [3.8, 4) is 5.88 Å². The molecule has 1 aromatic carbocycles. The molecule has 1 aliphatic heterocycles. The lowest BCUT2D eigenvalue weighted by Crippen LogP contribution is -2.31. The first-order chi connectivity index (χ1) is 14.2. The first kappa shape index (κ1) is 21.8. The summed E-state index contributed by atoms with van der Waals surface area (Å²) in [7, 11) is 0. The molecule has 3 rings (SSSR count). The molecule has 0 fully saturated rings. The number of nitrogens with one attached hydrogen (secondary N) is 1. The predicted molar refractivity (Wildman–Crippen MR) is 114 cm³/mol. The Balaban J connectivity index is 1.53. The molecule has 0 aliphatic carbocycles. The van der Waals surface area contributed by atoms with E-state index in [2.05, 4.69) is 26.2 Å². The van der Waals surface area contributed by atoms with E-state index in [4.69, 9.17) is 9.47 Å². The monoisotopic (exact) mass is 475 g/mol. The summed E-state index contributed by atoms with van der Waals surface area (Å²) >= 11 is 3.35. The Labute approximate surface area is 182 Å². The minimum atomic E-state index is -0.622. The van der Waals surface area contributed by atoms with Crippen molar-refractivity contribution in [2.45, 2.75) is 32.8 Å². The molecule has 0 atom stereocenters. The minimum Gasteiger partial charge on any atom is -0.477 e. The number of amides is 3. The molecule has 0 saturated heterocycles. The zero-order valence-corrected chi connectivity index (χ0v) is 18.5. The third-order valence-electron chi connectivity index (χ3n) is 4.09. The highest BCUT2D eigenvalue weighted by Crippen LogP contribution is 2.26. The van der Waals surface area contributed by atoms with Crippen LogP contribution < -0.4 is 10.1 Å². The van der Waals surface area contributed by atoms with Crippen LogP contribution in [0, 0.1) is 0 Å².